The monoisotopic (exact) mass is 194 g/mol. The maximum Gasteiger partial charge on any atom is 0.303 e. The largest absolute Gasteiger partial charge is 0.425 e. The molecule has 60 valence electrons. The van der Waals surface area contributed by atoms with Crippen LogP contribution in [-0.4, -0.2) is 29.3 Å². The van der Waals surface area contributed by atoms with E-state index >= 15 is 0 Å². The molecule has 0 aliphatic carbocycles. The standard InChI is InChI=1S/C4H14O3Si3/c1-2-3-4-10-6-8-5-9-7-10/h10H,2-4,8-9H2,1H3. The van der Waals surface area contributed by atoms with Crippen LogP contribution in [0, 0.1) is 0 Å². The highest BCUT2D eigenvalue weighted by Gasteiger charge is 2.16. The summed E-state index contributed by atoms with van der Waals surface area (Å²) in [7, 11) is -2.28. The van der Waals surface area contributed by atoms with Gasteiger partial charge in [-0.2, -0.15) is 0 Å². The van der Waals surface area contributed by atoms with Crippen LogP contribution < -0.4 is 0 Å². The van der Waals surface area contributed by atoms with Crippen molar-refractivity contribution in [1.29, 1.82) is 0 Å². The third-order valence-electron chi connectivity index (χ3n) is 1.47. The molecule has 0 aromatic heterocycles. The average molecular weight is 194 g/mol. The molecule has 1 heterocycles. The zero-order chi connectivity index (χ0) is 7.23. The molecule has 1 rings (SSSR count). The highest BCUT2D eigenvalue weighted by Crippen LogP contribution is 2.05. The van der Waals surface area contributed by atoms with Crippen molar-refractivity contribution < 1.29 is 12.3 Å². The summed E-state index contributed by atoms with van der Waals surface area (Å²) >= 11 is 0. The van der Waals surface area contributed by atoms with Crippen LogP contribution in [0.5, 0.6) is 0 Å². The van der Waals surface area contributed by atoms with E-state index in [4.69, 9.17) is 12.3 Å². The van der Waals surface area contributed by atoms with Crippen LogP contribution in [-0.2, 0) is 12.3 Å². The molecule has 0 aromatic carbocycles. The molecule has 1 aliphatic heterocycles. The minimum atomic E-state index is -1.15. The summed E-state index contributed by atoms with van der Waals surface area (Å²) in [6.07, 6.45) is 2.51. The summed E-state index contributed by atoms with van der Waals surface area (Å²) in [5.74, 6) is 0. The second-order valence-corrected chi connectivity index (χ2v) is 8.55. The van der Waals surface area contributed by atoms with E-state index in [1.807, 2.05) is 0 Å². The lowest BCUT2D eigenvalue weighted by Gasteiger charge is -2.21. The highest BCUT2D eigenvalue weighted by atomic mass is 28.4. The van der Waals surface area contributed by atoms with Crippen molar-refractivity contribution in [2.24, 2.45) is 0 Å². The molecular weight excluding hydrogens is 180 g/mol. The Morgan fingerprint density at radius 1 is 1.30 bits per heavy atom. The topological polar surface area (TPSA) is 27.7 Å². The second kappa shape index (κ2) is 5.22. The predicted molar refractivity (Wildman–Crippen MR) is 47.2 cm³/mol. The van der Waals surface area contributed by atoms with E-state index in [0.717, 1.165) is 0 Å². The molecule has 1 fully saturated rings. The normalized spacial score (nSPS) is 31.5. The first-order valence-electron chi connectivity index (χ1n) is 3.74. The van der Waals surface area contributed by atoms with Gasteiger partial charge in [0.25, 0.3) is 20.0 Å². The van der Waals surface area contributed by atoms with Crippen molar-refractivity contribution in [2.75, 3.05) is 0 Å². The quantitative estimate of drug-likeness (QED) is 0.543. The summed E-state index contributed by atoms with van der Waals surface area (Å²) in [5, 5.41) is 0. The van der Waals surface area contributed by atoms with Gasteiger partial charge in [0.1, 0.15) is 0 Å². The van der Waals surface area contributed by atoms with E-state index < -0.39 is 29.3 Å². The number of hydrogen-bond acceptors (Lipinski definition) is 3. The molecule has 1 aliphatic rings. The van der Waals surface area contributed by atoms with Crippen LogP contribution in [0.4, 0.5) is 0 Å². The molecule has 6 heteroatoms. The lowest BCUT2D eigenvalue weighted by Crippen LogP contribution is -2.34. The van der Waals surface area contributed by atoms with Gasteiger partial charge < -0.3 is 12.3 Å². The Kier molecular flexibility index (Phi) is 4.50. The van der Waals surface area contributed by atoms with E-state index in [2.05, 4.69) is 6.92 Å². The molecule has 0 aromatic rings. The Labute approximate surface area is 68.0 Å². The van der Waals surface area contributed by atoms with Gasteiger partial charge in [-0.05, 0) is 6.04 Å². The molecule has 0 N–H and O–H groups in total. The fourth-order valence-corrected chi connectivity index (χ4v) is 8.18. The molecule has 0 atom stereocenters. The van der Waals surface area contributed by atoms with E-state index in [9.17, 15) is 0 Å². The molecule has 0 amide bonds. The van der Waals surface area contributed by atoms with Crippen LogP contribution in [0.1, 0.15) is 19.8 Å². The van der Waals surface area contributed by atoms with Gasteiger partial charge in [0, 0.05) is 0 Å². The smallest absolute Gasteiger partial charge is 0.303 e. The van der Waals surface area contributed by atoms with Crippen molar-refractivity contribution in [3.8, 4) is 0 Å². The first kappa shape index (κ1) is 8.63. The van der Waals surface area contributed by atoms with Crippen molar-refractivity contribution in [1.82, 2.24) is 0 Å². The fraction of sp³-hybridized carbons (Fsp3) is 1.00. The van der Waals surface area contributed by atoms with E-state index in [-0.39, 0.29) is 0 Å². The van der Waals surface area contributed by atoms with Gasteiger partial charge in [-0.25, -0.2) is 0 Å². The molecule has 0 spiro atoms. The molecular formula is C4H14O3Si3. The second-order valence-electron chi connectivity index (χ2n) is 2.34. The predicted octanol–water partition coefficient (Wildman–Crippen LogP) is -0.932. The van der Waals surface area contributed by atoms with Crippen LogP contribution in [0.2, 0.25) is 6.04 Å². The summed E-state index contributed by atoms with van der Waals surface area (Å²) < 4.78 is 16.0. The van der Waals surface area contributed by atoms with Gasteiger partial charge in [0.05, 0.1) is 0 Å². The number of unbranched alkanes of at least 4 members (excludes halogenated alkanes) is 1. The summed E-state index contributed by atoms with van der Waals surface area (Å²) in [6.45, 7) is 2.20. The lowest BCUT2D eigenvalue weighted by molar-refractivity contribution is 0.321. The minimum Gasteiger partial charge on any atom is -0.425 e. The summed E-state index contributed by atoms with van der Waals surface area (Å²) in [5.41, 5.74) is 0. The third kappa shape index (κ3) is 3.08. The van der Waals surface area contributed by atoms with Crippen LogP contribution in [0.3, 0.4) is 0 Å². The maximum absolute atomic E-state index is 5.45. The Balaban J connectivity index is 2.02. The molecule has 3 nitrogen and oxygen atoms in total. The Morgan fingerprint density at radius 3 is 2.60 bits per heavy atom. The zero-order valence-electron chi connectivity index (χ0n) is 6.34. The molecule has 0 radical (unpaired) electrons. The number of hydrogen-bond donors (Lipinski definition) is 0. The summed E-state index contributed by atoms with van der Waals surface area (Å²) in [4.78, 5) is 0. The van der Waals surface area contributed by atoms with Gasteiger partial charge >= 0.3 is 9.28 Å². The molecule has 0 unspecified atom stereocenters. The van der Waals surface area contributed by atoms with Gasteiger partial charge in [0.15, 0.2) is 0 Å². The van der Waals surface area contributed by atoms with Gasteiger partial charge in [-0.15, -0.1) is 0 Å². The molecule has 0 saturated carbocycles. The molecule has 10 heavy (non-hydrogen) atoms. The van der Waals surface area contributed by atoms with Crippen molar-refractivity contribution >= 4 is 29.3 Å². The average Bonchev–Trinajstić information content (AvgIpc) is 2.03. The first-order chi connectivity index (χ1) is 4.93. The van der Waals surface area contributed by atoms with Gasteiger partial charge in [-0.1, -0.05) is 19.8 Å². The van der Waals surface area contributed by atoms with Crippen LogP contribution in [0.15, 0.2) is 0 Å². The first-order valence-corrected chi connectivity index (χ1v) is 7.81. The van der Waals surface area contributed by atoms with E-state index in [0.29, 0.717) is 0 Å². The Morgan fingerprint density at radius 2 is 2.00 bits per heavy atom. The maximum atomic E-state index is 5.45. The minimum absolute atomic E-state index is 0.568. The van der Waals surface area contributed by atoms with Crippen molar-refractivity contribution in [3.05, 3.63) is 0 Å². The molecule has 0 bridgehead atoms. The SMILES string of the molecule is CCCC[SiH]1O[SiH2]O[SiH2]O1. The Hall–Kier alpha value is 0.531. The van der Waals surface area contributed by atoms with Crippen molar-refractivity contribution in [3.63, 3.8) is 0 Å². The van der Waals surface area contributed by atoms with E-state index in [1.54, 1.807) is 0 Å². The van der Waals surface area contributed by atoms with Crippen LogP contribution >= 0.6 is 0 Å². The zero-order valence-corrected chi connectivity index (χ0v) is 10.3. The summed E-state index contributed by atoms with van der Waals surface area (Å²) in [6, 6.07) is 1.19. The van der Waals surface area contributed by atoms with Crippen LogP contribution in [0.25, 0.3) is 0 Å². The van der Waals surface area contributed by atoms with Gasteiger partial charge in [0.2, 0.25) is 0 Å². The Bertz CT molecular complexity index is 85.8. The van der Waals surface area contributed by atoms with Gasteiger partial charge in [-0.3, -0.25) is 0 Å². The van der Waals surface area contributed by atoms with Crippen molar-refractivity contribution in [2.45, 2.75) is 25.8 Å². The molecule has 1 saturated heterocycles. The lowest BCUT2D eigenvalue weighted by atomic mass is 10.4. The highest BCUT2D eigenvalue weighted by molar-refractivity contribution is 6.61. The van der Waals surface area contributed by atoms with E-state index in [1.165, 1.54) is 18.9 Å². The number of rotatable bonds is 3. The fourth-order valence-electron chi connectivity index (χ4n) is 0.868. The third-order valence-corrected chi connectivity index (χ3v) is 7.74.